The van der Waals surface area contributed by atoms with Crippen LogP contribution in [-0.2, 0) is 0 Å². The highest BCUT2D eigenvalue weighted by Gasteiger charge is 1.89. The minimum Gasteiger partial charge on any atom is -0.387 e. The molecular weight excluding hydrogens is 154 g/mol. The summed E-state index contributed by atoms with van der Waals surface area (Å²) in [6.45, 7) is 4.00. The fourth-order valence-corrected chi connectivity index (χ4v) is 0.957. The van der Waals surface area contributed by atoms with Gasteiger partial charge in [0.15, 0.2) is 0 Å². The zero-order valence-electron chi connectivity index (χ0n) is 7.26. The molecule has 62 valence electrons. The molecule has 0 saturated carbocycles. The lowest BCUT2D eigenvalue weighted by Gasteiger charge is -2.00. The number of thiol groups is 1. The van der Waals surface area contributed by atoms with Gasteiger partial charge >= 0.3 is 0 Å². The molecule has 0 unspecified atom stereocenters. The van der Waals surface area contributed by atoms with Gasteiger partial charge in [0.1, 0.15) is 0 Å². The minimum absolute atomic E-state index is 0.986. The van der Waals surface area contributed by atoms with Gasteiger partial charge in [-0.05, 0) is 12.1 Å². The van der Waals surface area contributed by atoms with Crippen molar-refractivity contribution in [3.05, 3.63) is 24.3 Å². The van der Waals surface area contributed by atoms with Crippen LogP contribution in [0.5, 0.6) is 0 Å². The summed E-state index contributed by atoms with van der Waals surface area (Å²) in [7, 11) is 1.88. The molecule has 0 heterocycles. The summed E-state index contributed by atoms with van der Waals surface area (Å²) in [4.78, 5) is 0.986. The van der Waals surface area contributed by atoms with Crippen LogP contribution < -0.4 is 5.32 Å². The van der Waals surface area contributed by atoms with Gasteiger partial charge in [0, 0.05) is 17.6 Å². The molecule has 1 nitrogen and oxygen atoms in total. The Morgan fingerprint density at radius 2 is 1.73 bits per heavy atom. The van der Waals surface area contributed by atoms with Gasteiger partial charge in [-0.15, -0.1) is 12.6 Å². The third kappa shape index (κ3) is 3.33. The van der Waals surface area contributed by atoms with Crippen LogP contribution >= 0.6 is 12.6 Å². The average molecular weight is 169 g/mol. The molecule has 0 aliphatic heterocycles. The molecule has 11 heavy (non-hydrogen) atoms. The third-order valence-corrected chi connectivity index (χ3v) is 1.56. The van der Waals surface area contributed by atoms with Gasteiger partial charge in [-0.1, -0.05) is 26.0 Å². The Morgan fingerprint density at radius 1 is 1.18 bits per heavy atom. The van der Waals surface area contributed by atoms with Gasteiger partial charge in [-0.25, -0.2) is 0 Å². The SMILES string of the molecule is CC.CNc1ccccc1S. The van der Waals surface area contributed by atoms with E-state index in [0.717, 1.165) is 10.6 Å². The summed E-state index contributed by atoms with van der Waals surface area (Å²) >= 11 is 4.22. The molecule has 0 aromatic heterocycles. The van der Waals surface area contributed by atoms with Crippen molar-refractivity contribution in [1.29, 1.82) is 0 Å². The van der Waals surface area contributed by atoms with E-state index in [1.54, 1.807) is 0 Å². The van der Waals surface area contributed by atoms with Gasteiger partial charge < -0.3 is 5.32 Å². The molecule has 0 radical (unpaired) electrons. The molecule has 1 rings (SSSR count). The molecule has 1 aromatic carbocycles. The number of para-hydroxylation sites is 1. The lowest BCUT2D eigenvalue weighted by atomic mass is 10.3. The molecular formula is C9H15NS. The second kappa shape index (κ2) is 6.10. The van der Waals surface area contributed by atoms with E-state index in [2.05, 4.69) is 17.9 Å². The predicted molar refractivity (Wildman–Crippen MR) is 54.6 cm³/mol. The second-order valence-electron chi connectivity index (χ2n) is 1.77. The van der Waals surface area contributed by atoms with Crippen LogP contribution in [0.25, 0.3) is 0 Å². The van der Waals surface area contributed by atoms with Crippen molar-refractivity contribution in [2.75, 3.05) is 12.4 Å². The lowest BCUT2D eigenvalue weighted by Crippen LogP contribution is -1.87. The van der Waals surface area contributed by atoms with Crippen LogP contribution in [0.1, 0.15) is 13.8 Å². The smallest absolute Gasteiger partial charge is 0.0473 e. The first-order valence-electron chi connectivity index (χ1n) is 3.80. The Hall–Kier alpha value is -0.630. The van der Waals surface area contributed by atoms with Gasteiger partial charge in [-0.2, -0.15) is 0 Å². The van der Waals surface area contributed by atoms with E-state index in [1.165, 1.54) is 0 Å². The van der Waals surface area contributed by atoms with Crippen molar-refractivity contribution >= 4 is 18.3 Å². The summed E-state index contributed by atoms with van der Waals surface area (Å²) in [5, 5.41) is 3.02. The van der Waals surface area contributed by atoms with Gasteiger partial charge in [0.05, 0.1) is 0 Å². The van der Waals surface area contributed by atoms with Gasteiger partial charge in [0.25, 0.3) is 0 Å². The topological polar surface area (TPSA) is 12.0 Å². The number of hydrogen-bond acceptors (Lipinski definition) is 2. The monoisotopic (exact) mass is 169 g/mol. The van der Waals surface area contributed by atoms with E-state index >= 15 is 0 Å². The maximum atomic E-state index is 4.22. The standard InChI is InChI=1S/C7H9NS.C2H6/c1-8-6-4-2-3-5-7(6)9;1-2/h2-5,8-9H,1H3;1-2H3. The first kappa shape index (κ1) is 10.4. The lowest BCUT2D eigenvalue weighted by molar-refractivity contribution is 1.39. The summed E-state index contributed by atoms with van der Waals surface area (Å²) in [5.41, 5.74) is 1.07. The summed E-state index contributed by atoms with van der Waals surface area (Å²) in [5.74, 6) is 0. The molecule has 0 atom stereocenters. The maximum absolute atomic E-state index is 4.22. The van der Waals surface area contributed by atoms with Crippen LogP contribution in [0.2, 0.25) is 0 Å². The molecule has 0 saturated heterocycles. The van der Waals surface area contributed by atoms with Crippen molar-refractivity contribution < 1.29 is 0 Å². The number of rotatable bonds is 1. The van der Waals surface area contributed by atoms with Gasteiger partial charge in [0.2, 0.25) is 0 Å². The normalized spacial score (nSPS) is 8.00. The molecule has 0 fully saturated rings. The Bertz CT molecular complexity index is 199. The van der Waals surface area contributed by atoms with Crippen molar-refractivity contribution in [3.8, 4) is 0 Å². The highest BCUT2D eigenvalue weighted by molar-refractivity contribution is 7.80. The van der Waals surface area contributed by atoms with Crippen LogP contribution in [0.3, 0.4) is 0 Å². The fraction of sp³-hybridized carbons (Fsp3) is 0.333. The second-order valence-corrected chi connectivity index (χ2v) is 2.25. The highest BCUT2D eigenvalue weighted by Crippen LogP contribution is 2.16. The molecule has 0 aliphatic rings. The van der Waals surface area contributed by atoms with Crippen LogP contribution in [0.15, 0.2) is 29.2 Å². The Morgan fingerprint density at radius 3 is 2.09 bits per heavy atom. The van der Waals surface area contributed by atoms with E-state index in [4.69, 9.17) is 0 Å². The first-order chi connectivity index (χ1) is 5.34. The average Bonchev–Trinajstić information content (AvgIpc) is 2.09. The number of nitrogens with one attached hydrogen (secondary N) is 1. The van der Waals surface area contributed by atoms with Crippen LogP contribution in [-0.4, -0.2) is 7.05 Å². The van der Waals surface area contributed by atoms with E-state index < -0.39 is 0 Å². The number of anilines is 1. The molecule has 0 bridgehead atoms. The molecule has 1 aromatic rings. The summed E-state index contributed by atoms with van der Waals surface area (Å²) < 4.78 is 0. The molecule has 0 spiro atoms. The van der Waals surface area contributed by atoms with Crippen molar-refractivity contribution in [2.24, 2.45) is 0 Å². The van der Waals surface area contributed by atoms with Crippen molar-refractivity contribution in [1.82, 2.24) is 0 Å². The fourth-order valence-electron chi connectivity index (χ4n) is 0.685. The number of benzene rings is 1. The molecule has 0 aliphatic carbocycles. The van der Waals surface area contributed by atoms with E-state index in [0.29, 0.717) is 0 Å². The Labute approximate surface area is 74.2 Å². The Kier molecular flexibility index (Phi) is 5.75. The molecule has 2 heteroatoms. The van der Waals surface area contributed by atoms with E-state index in [1.807, 2.05) is 45.2 Å². The van der Waals surface area contributed by atoms with Crippen LogP contribution in [0.4, 0.5) is 5.69 Å². The van der Waals surface area contributed by atoms with Gasteiger partial charge in [-0.3, -0.25) is 0 Å². The Balaban J connectivity index is 0.000000461. The quantitative estimate of drug-likeness (QED) is 0.616. The maximum Gasteiger partial charge on any atom is 0.0473 e. The summed E-state index contributed by atoms with van der Waals surface area (Å²) in [6, 6.07) is 7.88. The molecule has 0 amide bonds. The predicted octanol–water partition coefficient (Wildman–Crippen LogP) is 3.04. The van der Waals surface area contributed by atoms with E-state index in [-0.39, 0.29) is 0 Å². The first-order valence-corrected chi connectivity index (χ1v) is 4.25. The zero-order valence-corrected chi connectivity index (χ0v) is 8.15. The largest absolute Gasteiger partial charge is 0.387 e. The zero-order chi connectivity index (χ0) is 8.69. The number of hydrogen-bond donors (Lipinski definition) is 2. The molecule has 1 N–H and O–H groups in total. The van der Waals surface area contributed by atoms with Crippen molar-refractivity contribution in [2.45, 2.75) is 18.7 Å². The van der Waals surface area contributed by atoms with E-state index in [9.17, 15) is 0 Å². The highest BCUT2D eigenvalue weighted by atomic mass is 32.1. The minimum atomic E-state index is 0.986. The summed E-state index contributed by atoms with van der Waals surface area (Å²) in [6.07, 6.45) is 0. The van der Waals surface area contributed by atoms with Crippen LogP contribution in [0, 0.1) is 0 Å². The van der Waals surface area contributed by atoms with Crippen molar-refractivity contribution in [3.63, 3.8) is 0 Å². The third-order valence-electron chi connectivity index (χ3n) is 1.17.